The van der Waals surface area contributed by atoms with Gasteiger partial charge in [0.1, 0.15) is 5.78 Å². The fourth-order valence-corrected chi connectivity index (χ4v) is 0.102. The van der Waals surface area contributed by atoms with Crippen molar-refractivity contribution in [3.8, 4) is 12.3 Å². The van der Waals surface area contributed by atoms with Gasteiger partial charge in [0.15, 0.2) is 0 Å². The molecule has 0 amide bonds. The molecule has 0 saturated carbocycles. The molecule has 0 aliphatic heterocycles. The third-order valence-electron chi connectivity index (χ3n) is 1.24. The van der Waals surface area contributed by atoms with E-state index >= 15 is 0 Å². The van der Waals surface area contributed by atoms with Crippen molar-refractivity contribution in [2.75, 3.05) is 0 Å². The topological polar surface area (TPSA) is 17.1 Å². The lowest BCUT2D eigenvalue weighted by Crippen LogP contribution is -2.17. The highest BCUT2D eigenvalue weighted by Gasteiger charge is 2.18. The van der Waals surface area contributed by atoms with Gasteiger partial charge in [-0.25, -0.2) is 0 Å². The van der Waals surface area contributed by atoms with Gasteiger partial charge >= 0.3 is 0 Å². The summed E-state index contributed by atoms with van der Waals surface area (Å²) in [4.78, 5) is 10.6. The van der Waals surface area contributed by atoms with Crippen LogP contribution in [0.15, 0.2) is 0 Å². The maximum atomic E-state index is 10.6. The van der Waals surface area contributed by atoms with Crippen LogP contribution < -0.4 is 0 Å². The highest BCUT2D eigenvalue weighted by atomic mass is 16.1. The molecule has 44 valence electrons. The van der Waals surface area contributed by atoms with E-state index in [-0.39, 0.29) is 5.78 Å². The van der Waals surface area contributed by atoms with Gasteiger partial charge in [0.25, 0.3) is 0 Å². The van der Waals surface area contributed by atoms with E-state index < -0.39 is 5.41 Å². The van der Waals surface area contributed by atoms with Gasteiger partial charge in [-0.15, -0.1) is 6.42 Å². The van der Waals surface area contributed by atoms with Gasteiger partial charge in [-0.1, -0.05) is 5.92 Å². The molecule has 0 heterocycles. The first-order chi connectivity index (χ1) is 3.50. The zero-order chi connectivity index (χ0) is 6.78. The molecule has 0 radical (unpaired) electrons. The zero-order valence-corrected chi connectivity index (χ0v) is 5.49. The van der Waals surface area contributed by atoms with E-state index in [1.807, 2.05) is 0 Å². The number of hydrogen-bond acceptors (Lipinski definition) is 1. The standard InChI is InChI=1S/C7H10O/c1-5-7(3,4)6(2)8/h1H,2-4H3. The SMILES string of the molecule is C#CC(C)(C)C(C)=O. The first kappa shape index (κ1) is 7.23. The summed E-state index contributed by atoms with van der Waals surface area (Å²) in [5.41, 5.74) is -0.569. The van der Waals surface area contributed by atoms with Crippen molar-refractivity contribution < 1.29 is 4.79 Å². The zero-order valence-electron chi connectivity index (χ0n) is 5.49. The van der Waals surface area contributed by atoms with Crippen molar-refractivity contribution in [2.24, 2.45) is 5.41 Å². The Hall–Kier alpha value is -0.770. The first-order valence-corrected chi connectivity index (χ1v) is 2.49. The molecule has 0 aliphatic carbocycles. The molecule has 0 bridgehead atoms. The molecule has 0 aromatic carbocycles. The molecule has 0 aromatic heterocycles. The van der Waals surface area contributed by atoms with E-state index in [9.17, 15) is 4.79 Å². The normalized spacial score (nSPS) is 10.2. The van der Waals surface area contributed by atoms with E-state index in [0.29, 0.717) is 0 Å². The van der Waals surface area contributed by atoms with Crippen LogP contribution in [0.4, 0.5) is 0 Å². The quantitative estimate of drug-likeness (QED) is 0.464. The monoisotopic (exact) mass is 110 g/mol. The lowest BCUT2D eigenvalue weighted by molar-refractivity contribution is -0.122. The van der Waals surface area contributed by atoms with E-state index in [1.54, 1.807) is 13.8 Å². The minimum atomic E-state index is -0.569. The van der Waals surface area contributed by atoms with Gasteiger partial charge in [-0.2, -0.15) is 0 Å². The third-order valence-corrected chi connectivity index (χ3v) is 1.24. The number of Topliss-reactive ketones (excluding diaryl/α,β-unsaturated/α-hetero) is 1. The summed E-state index contributed by atoms with van der Waals surface area (Å²) >= 11 is 0. The van der Waals surface area contributed by atoms with E-state index in [2.05, 4.69) is 5.92 Å². The second-order valence-electron chi connectivity index (χ2n) is 2.33. The first-order valence-electron chi connectivity index (χ1n) is 2.49. The van der Waals surface area contributed by atoms with Crippen molar-refractivity contribution in [2.45, 2.75) is 20.8 Å². The Morgan fingerprint density at radius 1 is 1.62 bits per heavy atom. The van der Waals surface area contributed by atoms with Gasteiger partial charge in [0.05, 0.1) is 5.41 Å². The van der Waals surface area contributed by atoms with Crippen molar-refractivity contribution in [3.05, 3.63) is 0 Å². The van der Waals surface area contributed by atoms with Crippen molar-refractivity contribution in [1.82, 2.24) is 0 Å². The molecule has 0 unspecified atom stereocenters. The number of hydrogen-bond donors (Lipinski definition) is 0. The minimum absolute atomic E-state index is 0.0417. The second kappa shape index (κ2) is 2.00. The van der Waals surface area contributed by atoms with Gasteiger partial charge in [0.2, 0.25) is 0 Å². The molecular weight excluding hydrogens is 100 g/mol. The fraction of sp³-hybridized carbons (Fsp3) is 0.571. The molecule has 0 aliphatic rings. The smallest absolute Gasteiger partial charge is 0.147 e. The van der Waals surface area contributed by atoms with Crippen molar-refractivity contribution >= 4 is 5.78 Å². The third kappa shape index (κ3) is 1.38. The average Bonchev–Trinajstić information content (AvgIpc) is 1.67. The number of carbonyl (C=O) groups excluding carboxylic acids is 1. The molecule has 0 aromatic rings. The summed E-state index contributed by atoms with van der Waals surface area (Å²) in [5, 5.41) is 0. The Balaban J connectivity index is 4.19. The van der Waals surface area contributed by atoms with Gasteiger partial charge in [0, 0.05) is 0 Å². The predicted octanol–water partition coefficient (Wildman–Crippen LogP) is 1.23. The fourth-order valence-electron chi connectivity index (χ4n) is 0.102. The van der Waals surface area contributed by atoms with Crippen LogP contribution >= 0.6 is 0 Å². The summed E-state index contributed by atoms with van der Waals surface area (Å²) < 4.78 is 0. The van der Waals surface area contributed by atoms with Crippen LogP contribution in [0.1, 0.15) is 20.8 Å². The van der Waals surface area contributed by atoms with Gasteiger partial charge in [-0.3, -0.25) is 4.79 Å². The molecule has 0 N–H and O–H groups in total. The van der Waals surface area contributed by atoms with E-state index in [1.165, 1.54) is 6.92 Å². The highest BCUT2D eigenvalue weighted by molar-refractivity contribution is 5.84. The largest absolute Gasteiger partial charge is 0.298 e. The Kier molecular flexibility index (Phi) is 1.81. The van der Waals surface area contributed by atoms with Crippen LogP contribution in [0.5, 0.6) is 0 Å². The van der Waals surface area contributed by atoms with Crippen molar-refractivity contribution in [1.29, 1.82) is 0 Å². The molecule has 8 heavy (non-hydrogen) atoms. The molecule has 1 nitrogen and oxygen atoms in total. The van der Waals surface area contributed by atoms with E-state index in [4.69, 9.17) is 6.42 Å². The average molecular weight is 110 g/mol. The Morgan fingerprint density at radius 3 is 2.00 bits per heavy atom. The predicted molar refractivity (Wildman–Crippen MR) is 33.3 cm³/mol. The van der Waals surface area contributed by atoms with Crippen LogP contribution in [0, 0.1) is 17.8 Å². The minimum Gasteiger partial charge on any atom is -0.298 e. The number of carbonyl (C=O) groups is 1. The molecule has 0 rings (SSSR count). The molecule has 0 spiro atoms. The molecular formula is C7H10O. The second-order valence-corrected chi connectivity index (χ2v) is 2.33. The summed E-state index contributed by atoms with van der Waals surface area (Å²) in [6.45, 7) is 4.96. The maximum absolute atomic E-state index is 10.6. The van der Waals surface area contributed by atoms with Crippen LogP contribution in [-0.2, 0) is 4.79 Å². The van der Waals surface area contributed by atoms with Gasteiger partial charge in [-0.05, 0) is 20.8 Å². The lowest BCUT2D eigenvalue weighted by atomic mass is 9.91. The van der Waals surface area contributed by atoms with Crippen LogP contribution in [0.25, 0.3) is 0 Å². The van der Waals surface area contributed by atoms with Gasteiger partial charge < -0.3 is 0 Å². The van der Waals surface area contributed by atoms with Crippen LogP contribution in [0.3, 0.4) is 0 Å². The Labute approximate surface area is 50.1 Å². The Bertz CT molecular complexity index is 137. The summed E-state index contributed by atoms with van der Waals surface area (Å²) in [5.74, 6) is 2.43. The molecule has 1 heteroatoms. The number of terminal acetylenes is 1. The molecule has 0 atom stereocenters. The lowest BCUT2D eigenvalue weighted by Gasteiger charge is -2.10. The van der Waals surface area contributed by atoms with Crippen LogP contribution in [0.2, 0.25) is 0 Å². The number of ketones is 1. The van der Waals surface area contributed by atoms with Crippen LogP contribution in [-0.4, -0.2) is 5.78 Å². The highest BCUT2D eigenvalue weighted by Crippen LogP contribution is 2.12. The molecule has 0 saturated heterocycles. The van der Waals surface area contributed by atoms with E-state index in [0.717, 1.165) is 0 Å². The summed E-state index contributed by atoms with van der Waals surface area (Å²) in [6.07, 6.45) is 5.04. The Morgan fingerprint density at radius 2 is 2.00 bits per heavy atom. The number of rotatable bonds is 1. The maximum Gasteiger partial charge on any atom is 0.147 e. The summed E-state index contributed by atoms with van der Waals surface area (Å²) in [7, 11) is 0. The molecule has 0 fully saturated rings. The summed E-state index contributed by atoms with van der Waals surface area (Å²) in [6, 6.07) is 0. The van der Waals surface area contributed by atoms with Crippen molar-refractivity contribution in [3.63, 3.8) is 0 Å².